The van der Waals surface area contributed by atoms with Crippen LogP contribution in [0.15, 0.2) is 59.4 Å². The van der Waals surface area contributed by atoms with Crippen LogP contribution in [0.2, 0.25) is 0 Å². The molecular formula is C16H16N4O3. The van der Waals surface area contributed by atoms with E-state index in [1.54, 1.807) is 0 Å². The summed E-state index contributed by atoms with van der Waals surface area (Å²) in [6.07, 6.45) is -0.923. The second kappa shape index (κ2) is 6.80. The van der Waals surface area contributed by atoms with Gasteiger partial charge in [-0.3, -0.25) is 4.98 Å². The zero-order valence-electron chi connectivity index (χ0n) is 12.2. The van der Waals surface area contributed by atoms with Gasteiger partial charge in [0.25, 0.3) is 0 Å². The van der Waals surface area contributed by atoms with E-state index in [0.29, 0.717) is 5.75 Å². The van der Waals surface area contributed by atoms with Gasteiger partial charge in [0.1, 0.15) is 17.6 Å². The van der Waals surface area contributed by atoms with Crippen LogP contribution in [0.5, 0.6) is 11.5 Å². The van der Waals surface area contributed by atoms with Gasteiger partial charge in [-0.15, -0.1) is 0 Å². The molecule has 1 heterocycles. The molecular weight excluding hydrogens is 296 g/mol. The van der Waals surface area contributed by atoms with Gasteiger partial charge in [-0.1, -0.05) is 24.3 Å². The van der Waals surface area contributed by atoms with Crippen LogP contribution in [0.3, 0.4) is 0 Å². The SMILES string of the molecule is O=c1[nH]nc(C(O)CNc2cccc(Oc3ccccc3)c2)[nH]1. The highest BCUT2D eigenvalue weighted by Crippen LogP contribution is 2.24. The minimum atomic E-state index is -0.923. The molecule has 7 heteroatoms. The van der Waals surface area contributed by atoms with Crippen LogP contribution in [-0.2, 0) is 0 Å². The maximum Gasteiger partial charge on any atom is 0.340 e. The first kappa shape index (κ1) is 14.9. The lowest BCUT2D eigenvalue weighted by molar-refractivity contribution is 0.182. The van der Waals surface area contributed by atoms with E-state index < -0.39 is 11.8 Å². The first-order valence-corrected chi connectivity index (χ1v) is 7.10. The molecule has 1 unspecified atom stereocenters. The third-order valence-electron chi connectivity index (χ3n) is 3.15. The van der Waals surface area contributed by atoms with E-state index in [9.17, 15) is 9.90 Å². The molecule has 0 amide bonds. The molecule has 0 fully saturated rings. The minimum absolute atomic E-state index is 0.194. The fourth-order valence-electron chi connectivity index (χ4n) is 2.05. The maximum atomic E-state index is 11.0. The minimum Gasteiger partial charge on any atom is -0.457 e. The van der Waals surface area contributed by atoms with E-state index >= 15 is 0 Å². The summed E-state index contributed by atoms with van der Waals surface area (Å²) in [6.45, 7) is 0.204. The van der Waals surface area contributed by atoms with Gasteiger partial charge in [-0.2, -0.15) is 5.10 Å². The lowest BCUT2D eigenvalue weighted by atomic mass is 10.2. The largest absolute Gasteiger partial charge is 0.457 e. The first-order valence-electron chi connectivity index (χ1n) is 7.10. The highest BCUT2D eigenvalue weighted by atomic mass is 16.5. The molecule has 0 saturated heterocycles. The Hall–Kier alpha value is -3.06. The Labute approximate surface area is 132 Å². The molecule has 3 rings (SSSR count). The number of H-pyrrole nitrogens is 2. The fraction of sp³-hybridized carbons (Fsp3) is 0.125. The molecule has 3 aromatic rings. The molecule has 2 aromatic carbocycles. The lowest BCUT2D eigenvalue weighted by Crippen LogP contribution is -2.14. The van der Waals surface area contributed by atoms with Gasteiger partial charge in [-0.25, -0.2) is 9.89 Å². The molecule has 0 aliphatic rings. The smallest absolute Gasteiger partial charge is 0.340 e. The number of ether oxygens (including phenoxy) is 1. The number of nitrogens with zero attached hydrogens (tertiary/aromatic N) is 1. The number of anilines is 1. The van der Waals surface area contributed by atoms with Crippen molar-refractivity contribution in [1.82, 2.24) is 15.2 Å². The van der Waals surface area contributed by atoms with Crippen LogP contribution in [0.1, 0.15) is 11.9 Å². The summed E-state index contributed by atoms with van der Waals surface area (Å²) in [5, 5.41) is 18.9. The van der Waals surface area contributed by atoms with Crippen LogP contribution in [-0.4, -0.2) is 26.8 Å². The van der Waals surface area contributed by atoms with Crippen molar-refractivity contribution < 1.29 is 9.84 Å². The van der Waals surface area contributed by atoms with Crippen molar-refractivity contribution in [2.75, 3.05) is 11.9 Å². The van der Waals surface area contributed by atoms with E-state index in [1.807, 2.05) is 54.6 Å². The van der Waals surface area contributed by atoms with E-state index in [4.69, 9.17) is 4.74 Å². The number of rotatable bonds is 6. The summed E-state index contributed by atoms with van der Waals surface area (Å²) in [4.78, 5) is 13.4. The summed E-state index contributed by atoms with van der Waals surface area (Å²) in [5.41, 5.74) is 0.340. The van der Waals surface area contributed by atoms with Crippen molar-refractivity contribution in [1.29, 1.82) is 0 Å². The van der Waals surface area contributed by atoms with E-state index in [0.717, 1.165) is 11.4 Å². The number of hydrogen-bond acceptors (Lipinski definition) is 5. The van der Waals surface area contributed by atoms with E-state index in [1.165, 1.54) is 0 Å². The zero-order valence-corrected chi connectivity index (χ0v) is 12.2. The molecule has 0 saturated carbocycles. The van der Waals surface area contributed by atoms with Crippen LogP contribution in [0.4, 0.5) is 5.69 Å². The van der Waals surface area contributed by atoms with Crippen LogP contribution in [0, 0.1) is 0 Å². The molecule has 23 heavy (non-hydrogen) atoms. The number of benzene rings is 2. The highest BCUT2D eigenvalue weighted by molar-refractivity contribution is 5.49. The van der Waals surface area contributed by atoms with E-state index in [-0.39, 0.29) is 12.4 Å². The quantitative estimate of drug-likeness (QED) is 0.558. The monoisotopic (exact) mass is 312 g/mol. The average Bonchev–Trinajstić information content (AvgIpc) is 3.01. The van der Waals surface area contributed by atoms with Crippen molar-refractivity contribution >= 4 is 5.69 Å². The molecule has 0 radical (unpaired) electrons. The predicted molar refractivity (Wildman–Crippen MR) is 85.6 cm³/mol. The normalized spacial score (nSPS) is 11.9. The van der Waals surface area contributed by atoms with E-state index in [2.05, 4.69) is 20.5 Å². The number of aromatic nitrogens is 3. The van der Waals surface area contributed by atoms with Gasteiger partial charge in [0.05, 0.1) is 0 Å². The van der Waals surface area contributed by atoms with Gasteiger partial charge < -0.3 is 15.2 Å². The maximum absolute atomic E-state index is 11.0. The van der Waals surface area contributed by atoms with Crippen molar-refractivity contribution in [3.8, 4) is 11.5 Å². The van der Waals surface area contributed by atoms with Crippen LogP contribution >= 0.6 is 0 Å². The number of nitrogens with one attached hydrogen (secondary N) is 3. The first-order chi connectivity index (χ1) is 11.2. The molecule has 0 bridgehead atoms. The Morgan fingerprint density at radius 1 is 1.13 bits per heavy atom. The van der Waals surface area contributed by atoms with Crippen molar-refractivity contribution in [3.05, 3.63) is 70.9 Å². The highest BCUT2D eigenvalue weighted by Gasteiger charge is 2.11. The molecule has 1 aromatic heterocycles. The molecule has 4 N–H and O–H groups in total. The van der Waals surface area contributed by atoms with Gasteiger partial charge in [0.15, 0.2) is 5.82 Å². The van der Waals surface area contributed by atoms with Crippen LogP contribution < -0.4 is 15.7 Å². The Morgan fingerprint density at radius 3 is 2.65 bits per heavy atom. The Balaban J connectivity index is 1.62. The number of aliphatic hydroxyl groups is 1. The zero-order chi connectivity index (χ0) is 16.1. The molecule has 0 aliphatic heterocycles. The summed E-state index contributed by atoms with van der Waals surface area (Å²) in [7, 11) is 0. The summed E-state index contributed by atoms with van der Waals surface area (Å²) in [6, 6.07) is 16.9. The van der Waals surface area contributed by atoms with Gasteiger partial charge in [0, 0.05) is 18.3 Å². The topological polar surface area (TPSA) is 103 Å². The molecule has 0 spiro atoms. The summed E-state index contributed by atoms with van der Waals surface area (Å²) >= 11 is 0. The number of aromatic amines is 2. The van der Waals surface area contributed by atoms with Gasteiger partial charge >= 0.3 is 5.69 Å². The average molecular weight is 312 g/mol. The molecule has 118 valence electrons. The molecule has 7 nitrogen and oxygen atoms in total. The second-order valence-electron chi connectivity index (χ2n) is 4.90. The Morgan fingerprint density at radius 2 is 1.91 bits per heavy atom. The van der Waals surface area contributed by atoms with Crippen molar-refractivity contribution in [3.63, 3.8) is 0 Å². The standard InChI is InChI=1S/C16H16N4O3/c21-14(15-18-16(22)20-19-15)10-17-11-5-4-8-13(9-11)23-12-6-2-1-3-7-12/h1-9,14,17,21H,10H2,(H2,18,19,20,22). The fourth-order valence-corrected chi connectivity index (χ4v) is 2.05. The molecule has 0 aliphatic carbocycles. The third-order valence-corrected chi connectivity index (χ3v) is 3.15. The van der Waals surface area contributed by atoms with Gasteiger partial charge in [0.2, 0.25) is 0 Å². The number of para-hydroxylation sites is 1. The summed E-state index contributed by atoms with van der Waals surface area (Å²) in [5.74, 6) is 1.63. The lowest BCUT2D eigenvalue weighted by Gasteiger charge is -2.12. The Bertz CT molecular complexity index is 813. The van der Waals surface area contributed by atoms with Crippen molar-refractivity contribution in [2.45, 2.75) is 6.10 Å². The van der Waals surface area contributed by atoms with Crippen molar-refractivity contribution in [2.24, 2.45) is 0 Å². The summed E-state index contributed by atoms with van der Waals surface area (Å²) < 4.78 is 5.75. The second-order valence-corrected chi connectivity index (χ2v) is 4.90. The third kappa shape index (κ3) is 3.98. The van der Waals surface area contributed by atoms with Crippen LogP contribution in [0.25, 0.3) is 0 Å². The Kier molecular flexibility index (Phi) is 4.39. The molecule has 1 atom stereocenters. The number of aliphatic hydroxyl groups excluding tert-OH is 1. The van der Waals surface area contributed by atoms with Gasteiger partial charge in [-0.05, 0) is 24.3 Å². The predicted octanol–water partition coefficient (Wildman–Crippen LogP) is 2.04. The number of hydrogen-bond donors (Lipinski definition) is 4.